The highest BCUT2D eigenvalue weighted by Gasteiger charge is 2.39. The molecule has 2 atom stereocenters. The van der Waals surface area contributed by atoms with Crippen LogP contribution >= 0.6 is 0 Å². The Balaban J connectivity index is 1.98. The Hall–Kier alpha value is -1.33. The van der Waals surface area contributed by atoms with Crippen molar-refractivity contribution in [3.8, 4) is 0 Å². The molecule has 2 N–H and O–H groups in total. The zero-order valence-corrected chi connectivity index (χ0v) is 11.6. The molecule has 1 aliphatic heterocycles. The third kappa shape index (κ3) is 2.98. The van der Waals surface area contributed by atoms with Crippen molar-refractivity contribution in [1.29, 1.82) is 0 Å². The van der Waals surface area contributed by atoms with Crippen LogP contribution in [-0.2, 0) is 4.74 Å². The number of carbonyl (C=O) groups excluding carboxylic acids is 1. The van der Waals surface area contributed by atoms with Gasteiger partial charge in [-0.25, -0.2) is 0 Å². The Kier molecular flexibility index (Phi) is 4.27. The monoisotopic (exact) mass is 266 g/mol. The van der Waals surface area contributed by atoms with E-state index in [1.54, 1.807) is 24.3 Å². The molecule has 1 fully saturated rings. The van der Waals surface area contributed by atoms with Gasteiger partial charge in [0.2, 0.25) is 0 Å². The molecule has 1 aliphatic rings. The van der Waals surface area contributed by atoms with Crippen molar-refractivity contribution in [2.75, 3.05) is 26.8 Å². The molecule has 0 unspecified atom stereocenters. The number of piperidine rings is 1. The van der Waals surface area contributed by atoms with Gasteiger partial charge < -0.3 is 19.7 Å². The van der Waals surface area contributed by atoms with Crippen LogP contribution in [0.15, 0.2) is 18.3 Å². The van der Waals surface area contributed by atoms with Gasteiger partial charge in [-0.05, 0) is 25.0 Å². The lowest BCUT2D eigenvalue weighted by Crippen LogP contribution is -2.52. The lowest BCUT2D eigenvalue weighted by molar-refractivity contribution is -0.0750. The minimum absolute atomic E-state index is 0.00522. The number of carbonyl (C=O) groups is 1. The molecule has 19 heavy (non-hydrogen) atoms. The molecule has 106 valence electrons. The Morgan fingerprint density at radius 2 is 2.47 bits per heavy atom. The van der Waals surface area contributed by atoms with E-state index in [0.29, 0.717) is 38.2 Å². The molecule has 5 heteroatoms. The normalized spacial score (nSPS) is 27.5. The molecule has 0 aromatic carbocycles. The minimum Gasteiger partial charge on any atom is -0.389 e. The van der Waals surface area contributed by atoms with Crippen LogP contribution in [0.25, 0.3) is 0 Å². The van der Waals surface area contributed by atoms with Gasteiger partial charge in [0, 0.05) is 38.9 Å². The van der Waals surface area contributed by atoms with Gasteiger partial charge in [0.1, 0.15) is 5.69 Å². The number of hydrogen-bond acceptors (Lipinski definition) is 3. The van der Waals surface area contributed by atoms with Gasteiger partial charge in [-0.2, -0.15) is 0 Å². The largest absolute Gasteiger partial charge is 0.389 e. The summed E-state index contributed by atoms with van der Waals surface area (Å²) in [7, 11) is 1.64. The van der Waals surface area contributed by atoms with Crippen molar-refractivity contribution in [3.63, 3.8) is 0 Å². The van der Waals surface area contributed by atoms with E-state index in [4.69, 9.17) is 4.74 Å². The predicted molar refractivity (Wildman–Crippen MR) is 71.9 cm³/mol. The second-order valence-electron chi connectivity index (χ2n) is 5.33. The topological polar surface area (TPSA) is 65.6 Å². The van der Waals surface area contributed by atoms with E-state index in [1.165, 1.54) is 0 Å². The maximum Gasteiger partial charge on any atom is 0.270 e. The number of H-pyrrole nitrogens is 1. The summed E-state index contributed by atoms with van der Waals surface area (Å²) in [6, 6.07) is 3.59. The number of aliphatic hydroxyl groups is 1. The molecule has 2 heterocycles. The van der Waals surface area contributed by atoms with Crippen molar-refractivity contribution in [3.05, 3.63) is 24.0 Å². The molecule has 0 aliphatic carbocycles. The SMILES string of the molecule is COCC[C@@]1(O)CCN(C(=O)c2ccc[nH]2)C[C@@H]1C. The fourth-order valence-corrected chi connectivity index (χ4v) is 2.64. The van der Waals surface area contributed by atoms with Crippen LogP contribution in [0.1, 0.15) is 30.3 Å². The van der Waals surface area contributed by atoms with Crippen molar-refractivity contribution in [2.24, 2.45) is 5.92 Å². The summed E-state index contributed by atoms with van der Waals surface area (Å²) in [5.41, 5.74) is -0.114. The highest BCUT2D eigenvalue weighted by Crippen LogP contribution is 2.31. The van der Waals surface area contributed by atoms with Crippen molar-refractivity contribution in [1.82, 2.24) is 9.88 Å². The van der Waals surface area contributed by atoms with Crippen LogP contribution in [0.5, 0.6) is 0 Å². The molecule has 0 spiro atoms. The summed E-state index contributed by atoms with van der Waals surface area (Å²) in [6.07, 6.45) is 2.97. The van der Waals surface area contributed by atoms with Crippen LogP contribution in [0, 0.1) is 5.92 Å². The lowest BCUT2D eigenvalue weighted by Gasteiger charge is -2.43. The van der Waals surface area contributed by atoms with Gasteiger partial charge in [-0.15, -0.1) is 0 Å². The third-order valence-corrected chi connectivity index (χ3v) is 4.08. The van der Waals surface area contributed by atoms with Crippen LogP contribution in [-0.4, -0.2) is 53.3 Å². The van der Waals surface area contributed by atoms with E-state index in [2.05, 4.69) is 4.98 Å². The van der Waals surface area contributed by atoms with Gasteiger partial charge in [-0.1, -0.05) is 6.92 Å². The lowest BCUT2D eigenvalue weighted by atomic mass is 9.80. The average Bonchev–Trinajstić information content (AvgIpc) is 2.93. The molecule has 0 bridgehead atoms. The number of nitrogens with zero attached hydrogens (tertiary/aromatic N) is 1. The molecule has 2 rings (SSSR count). The van der Waals surface area contributed by atoms with Crippen LogP contribution in [0.2, 0.25) is 0 Å². The summed E-state index contributed by atoms with van der Waals surface area (Å²) in [6.45, 7) is 3.70. The number of aromatic amines is 1. The van der Waals surface area contributed by atoms with E-state index in [1.807, 2.05) is 13.0 Å². The minimum atomic E-state index is -0.720. The van der Waals surface area contributed by atoms with Gasteiger partial charge >= 0.3 is 0 Å². The van der Waals surface area contributed by atoms with Crippen molar-refractivity contribution < 1.29 is 14.6 Å². The number of nitrogens with one attached hydrogen (secondary N) is 1. The van der Waals surface area contributed by atoms with Crippen molar-refractivity contribution >= 4 is 5.91 Å². The second kappa shape index (κ2) is 5.75. The number of rotatable bonds is 4. The fourth-order valence-electron chi connectivity index (χ4n) is 2.64. The molecular formula is C14H22N2O3. The van der Waals surface area contributed by atoms with E-state index < -0.39 is 5.60 Å². The Bertz CT molecular complexity index is 418. The Morgan fingerprint density at radius 3 is 3.05 bits per heavy atom. The van der Waals surface area contributed by atoms with Gasteiger partial charge in [0.05, 0.1) is 5.60 Å². The summed E-state index contributed by atoms with van der Waals surface area (Å²) >= 11 is 0. The molecule has 1 saturated heterocycles. The first-order chi connectivity index (χ1) is 9.07. The van der Waals surface area contributed by atoms with Gasteiger partial charge in [0.25, 0.3) is 5.91 Å². The van der Waals surface area contributed by atoms with E-state index in [9.17, 15) is 9.90 Å². The Morgan fingerprint density at radius 1 is 1.68 bits per heavy atom. The maximum absolute atomic E-state index is 12.2. The van der Waals surface area contributed by atoms with Crippen LogP contribution < -0.4 is 0 Å². The van der Waals surface area contributed by atoms with Crippen LogP contribution in [0.4, 0.5) is 0 Å². The maximum atomic E-state index is 12.2. The Labute approximate surface area is 113 Å². The van der Waals surface area contributed by atoms with E-state index in [0.717, 1.165) is 0 Å². The highest BCUT2D eigenvalue weighted by atomic mass is 16.5. The quantitative estimate of drug-likeness (QED) is 0.862. The zero-order chi connectivity index (χ0) is 13.9. The molecule has 1 aromatic rings. The molecule has 1 amide bonds. The summed E-state index contributed by atoms with van der Waals surface area (Å²) in [5, 5.41) is 10.6. The average molecular weight is 266 g/mol. The first-order valence-electron chi connectivity index (χ1n) is 6.71. The predicted octanol–water partition coefficient (Wildman–Crippen LogP) is 1.26. The molecular weight excluding hydrogens is 244 g/mol. The first-order valence-corrected chi connectivity index (χ1v) is 6.71. The summed E-state index contributed by atoms with van der Waals surface area (Å²) < 4.78 is 5.05. The molecule has 0 saturated carbocycles. The number of aromatic nitrogens is 1. The molecule has 1 aromatic heterocycles. The zero-order valence-electron chi connectivity index (χ0n) is 11.6. The third-order valence-electron chi connectivity index (χ3n) is 4.08. The first kappa shape index (κ1) is 14.1. The number of amides is 1. The van der Waals surface area contributed by atoms with E-state index in [-0.39, 0.29) is 11.8 Å². The molecule has 0 radical (unpaired) electrons. The number of hydrogen-bond donors (Lipinski definition) is 2. The summed E-state index contributed by atoms with van der Waals surface area (Å²) in [4.78, 5) is 17.0. The van der Waals surface area contributed by atoms with Crippen LogP contribution in [0.3, 0.4) is 0 Å². The highest BCUT2D eigenvalue weighted by molar-refractivity contribution is 5.92. The summed E-state index contributed by atoms with van der Waals surface area (Å²) in [5.74, 6) is 0.0564. The van der Waals surface area contributed by atoms with E-state index >= 15 is 0 Å². The number of ether oxygens (including phenoxy) is 1. The van der Waals surface area contributed by atoms with Gasteiger partial charge in [-0.3, -0.25) is 4.79 Å². The smallest absolute Gasteiger partial charge is 0.270 e. The van der Waals surface area contributed by atoms with Gasteiger partial charge in [0.15, 0.2) is 0 Å². The standard InChI is InChI=1S/C14H22N2O3/c1-11-10-16(13(17)12-4-3-7-15-12)8-5-14(11,18)6-9-19-2/h3-4,7,11,15,18H,5-6,8-10H2,1-2H3/t11-,14-/m0/s1. The molecule has 5 nitrogen and oxygen atoms in total. The number of likely N-dealkylation sites (tertiary alicyclic amines) is 1. The fraction of sp³-hybridized carbons (Fsp3) is 0.643. The van der Waals surface area contributed by atoms with Crippen molar-refractivity contribution in [2.45, 2.75) is 25.4 Å². The second-order valence-corrected chi connectivity index (χ2v) is 5.33. The number of methoxy groups -OCH3 is 1.